The predicted octanol–water partition coefficient (Wildman–Crippen LogP) is 1.65. The Hall–Kier alpha value is -1.09. The van der Waals surface area contributed by atoms with Crippen molar-refractivity contribution in [3.05, 3.63) is 24.4 Å². The van der Waals surface area contributed by atoms with Gasteiger partial charge in [-0.3, -0.25) is 0 Å². The molecule has 0 bridgehead atoms. The first-order valence-corrected chi connectivity index (χ1v) is 5.76. The topological polar surface area (TPSA) is 42.1 Å². The Morgan fingerprint density at radius 2 is 2.40 bits per heavy atom. The van der Waals surface area contributed by atoms with Crippen molar-refractivity contribution in [1.29, 1.82) is 0 Å². The van der Waals surface area contributed by atoms with Crippen LogP contribution >= 0.6 is 0 Å². The smallest absolute Gasteiger partial charge is 0.128 e. The Labute approximate surface area is 91.3 Å². The van der Waals surface area contributed by atoms with Crippen LogP contribution in [-0.4, -0.2) is 24.6 Å². The first-order chi connectivity index (χ1) is 7.40. The van der Waals surface area contributed by atoms with E-state index in [0.717, 1.165) is 37.8 Å². The van der Waals surface area contributed by atoms with Crippen molar-refractivity contribution in [2.75, 3.05) is 24.5 Å². The Kier molecular flexibility index (Phi) is 3.56. The number of nitrogens with zero attached hydrogens (tertiary/aromatic N) is 2. The fourth-order valence-corrected chi connectivity index (χ4v) is 2.29. The first-order valence-electron chi connectivity index (χ1n) is 5.76. The normalized spacial score (nSPS) is 21.7. The van der Waals surface area contributed by atoms with E-state index in [2.05, 4.69) is 22.0 Å². The molecule has 0 spiro atoms. The molecule has 2 rings (SSSR count). The molecule has 1 aromatic heterocycles. The summed E-state index contributed by atoms with van der Waals surface area (Å²) in [5.41, 5.74) is 5.61. The van der Waals surface area contributed by atoms with Crippen molar-refractivity contribution in [2.45, 2.75) is 19.3 Å². The van der Waals surface area contributed by atoms with E-state index >= 15 is 0 Å². The van der Waals surface area contributed by atoms with Gasteiger partial charge in [0, 0.05) is 19.3 Å². The quantitative estimate of drug-likeness (QED) is 0.815. The van der Waals surface area contributed by atoms with Crippen molar-refractivity contribution in [1.82, 2.24) is 4.98 Å². The van der Waals surface area contributed by atoms with Gasteiger partial charge in [-0.15, -0.1) is 0 Å². The molecule has 1 aliphatic heterocycles. The molecular formula is C12H19N3. The lowest BCUT2D eigenvalue weighted by Crippen LogP contribution is -2.36. The zero-order valence-electron chi connectivity index (χ0n) is 9.10. The van der Waals surface area contributed by atoms with E-state index in [1.54, 1.807) is 0 Å². The molecule has 0 aliphatic carbocycles. The molecule has 1 atom stereocenters. The summed E-state index contributed by atoms with van der Waals surface area (Å²) in [6.07, 6.45) is 5.59. The minimum Gasteiger partial charge on any atom is -0.356 e. The van der Waals surface area contributed by atoms with Crippen LogP contribution < -0.4 is 10.6 Å². The number of aromatic nitrogens is 1. The number of nitrogens with two attached hydrogens (primary N) is 1. The van der Waals surface area contributed by atoms with Gasteiger partial charge in [-0.2, -0.15) is 0 Å². The van der Waals surface area contributed by atoms with Crippen molar-refractivity contribution in [3.63, 3.8) is 0 Å². The maximum absolute atomic E-state index is 5.61. The number of hydrogen-bond donors (Lipinski definition) is 1. The summed E-state index contributed by atoms with van der Waals surface area (Å²) in [4.78, 5) is 6.77. The molecule has 82 valence electrons. The average Bonchev–Trinajstić information content (AvgIpc) is 2.31. The van der Waals surface area contributed by atoms with Gasteiger partial charge in [-0.1, -0.05) is 6.07 Å². The number of anilines is 1. The summed E-state index contributed by atoms with van der Waals surface area (Å²) in [6.45, 7) is 3.06. The largest absolute Gasteiger partial charge is 0.356 e. The third kappa shape index (κ3) is 2.69. The summed E-state index contributed by atoms with van der Waals surface area (Å²) < 4.78 is 0. The zero-order valence-corrected chi connectivity index (χ0v) is 9.10. The number of hydrogen-bond acceptors (Lipinski definition) is 3. The highest BCUT2D eigenvalue weighted by Gasteiger charge is 2.19. The maximum atomic E-state index is 5.61. The van der Waals surface area contributed by atoms with Gasteiger partial charge >= 0.3 is 0 Å². The third-order valence-electron chi connectivity index (χ3n) is 3.07. The van der Waals surface area contributed by atoms with E-state index in [-0.39, 0.29) is 0 Å². The maximum Gasteiger partial charge on any atom is 0.128 e. The first kappa shape index (κ1) is 10.4. The molecule has 3 nitrogen and oxygen atoms in total. The van der Waals surface area contributed by atoms with Crippen LogP contribution in [0.1, 0.15) is 19.3 Å². The fraction of sp³-hybridized carbons (Fsp3) is 0.583. The van der Waals surface area contributed by atoms with Crippen LogP contribution in [0.25, 0.3) is 0 Å². The van der Waals surface area contributed by atoms with E-state index in [0.29, 0.717) is 0 Å². The molecule has 2 heterocycles. The van der Waals surface area contributed by atoms with E-state index < -0.39 is 0 Å². The molecule has 0 aromatic carbocycles. The lowest BCUT2D eigenvalue weighted by Gasteiger charge is -2.33. The van der Waals surface area contributed by atoms with Crippen molar-refractivity contribution in [2.24, 2.45) is 11.7 Å². The molecule has 1 aromatic rings. The van der Waals surface area contributed by atoms with Gasteiger partial charge in [0.2, 0.25) is 0 Å². The fourth-order valence-electron chi connectivity index (χ4n) is 2.29. The van der Waals surface area contributed by atoms with Gasteiger partial charge in [0.1, 0.15) is 5.82 Å². The molecule has 0 radical (unpaired) electrons. The summed E-state index contributed by atoms with van der Waals surface area (Å²) in [5, 5.41) is 0. The van der Waals surface area contributed by atoms with Crippen LogP contribution in [-0.2, 0) is 0 Å². The number of pyridine rings is 1. The Morgan fingerprint density at radius 3 is 3.13 bits per heavy atom. The molecule has 0 saturated carbocycles. The van der Waals surface area contributed by atoms with E-state index in [9.17, 15) is 0 Å². The summed E-state index contributed by atoms with van der Waals surface area (Å²) in [7, 11) is 0. The van der Waals surface area contributed by atoms with Crippen molar-refractivity contribution in [3.8, 4) is 0 Å². The molecule has 1 saturated heterocycles. The van der Waals surface area contributed by atoms with Crippen LogP contribution in [0.2, 0.25) is 0 Å². The van der Waals surface area contributed by atoms with Gasteiger partial charge in [-0.25, -0.2) is 4.98 Å². The van der Waals surface area contributed by atoms with Crippen molar-refractivity contribution >= 4 is 5.82 Å². The Balaban J connectivity index is 1.98. The summed E-state index contributed by atoms with van der Waals surface area (Å²) in [5.74, 6) is 1.87. The number of rotatable bonds is 3. The lowest BCUT2D eigenvalue weighted by atomic mass is 9.95. The van der Waals surface area contributed by atoms with Crippen LogP contribution in [0, 0.1) is 5.92 Å². The lowest BCUT2D eigenvalue weighted by molar-refractivity contribution is 0.394. The molecule has 1 aliphatic rings. The van der Waals surface area contributed by atoms with Crippen LogP contribution in [0.3, 0.4) is 0 Å². The summed E-state index contributed by atoms with van der Waals surface area (Å²) >= 11 is 0. The van der Waals surface area contributed by atoms with E-state index in [1.165, 1.54) is 12.8 Å². The second-order valence-electron chi connectivity index (χ2n) is 4.22. The second-order valence-corrected chi connectivity index (χ2v) is 4.22. The van der Waals surface area contributed by atoms with Crippen molar-refractivity contribution < 1.29 is 0 Å². The highest BCUT2D eigenvalue weighted by atomic mass is 15.2. The zero-order chi connectivity index (χ0) is 10.5. The van der Waals surface area contributed by atoms with Gasteiger partial charge in [-0.05, 0) is 43.9 Å². The monoisotopic (exact) mass is 205 g/mol. The number of piperidine rings is 1. The highest BCUT2D eigenvalue weighted by molar-refractivity contribution is 5.38. The SMILES string of the molecule is NCCC1CCCN(c2ccccn2)C1. The Morgan fingerprint density at radius 1 is 1.47 bits per heavy atom. The predicted molar refractivity (Wildman–Crippen MR) is 62.8 cm³/mol. The van der Waals surface area contributed by atoms with Crippen LogP contribution in [0.4, 0.5) is 5.82 Å². The molecule has 3 heteroatoms. The minimum absolute atomic E-state index is 0.755. The van der Waals surface area contributed by atoms with Crippen LogP contribution in [0.15, 0.2) is 24.4 Å². The van der Waals surface area contributed by atoms with E-state index in [4.69, 9.17) is 5.73 Å². The molecular weight excluding hydrogens is 186 g/mol. The third-order valence-corrected chi connectivity index (χ3v) is 3.07. The molecule has 1 unspecified atom stereocenters. The minimum atomic E-state index is 0.755. The molecule has 2 N–H and O–H groups in total. The van der Waals surface area contributed by atoms with Gasteiger partial charge in [0.15, 0.2) is 0 Å². The van der Waals surface area contributed by atoms with Gasteiger partial charge in [0.05, 0.1) is 0 Å². The average molecular weight is 205 g/mol. The molecule has 15 heavy (non-hydrogen) atoms. The highest BCUT2D eigenvalue weighted by Crippen LogP contribution is 2.22. The van der Waals surface area contributed by atoms with Gasteiger partial charge in [0.25, 0.3) is 0 Å². The second kappa shape index (κ2) is 5.12. The van der Waals surface area contributed by atoms with E-state index in [1.807, 2.05) is 12.3 Å². The van der Waals surface area contributed by atoms with Gasteiger partial charge < -0.3 is 10.6 Å². The van der Waals surface area contributed by atoms with Crippen LogP contribution in [0.5, 0.6) is 0 Å². The Bertz CT molecular complexity index is 284. The molecule has 1 fully saturated rings. The standard InChI is InChI=1S/C12H19N3/c13-7-6-11-4-3-9-15(10-11)12-5-1-2-8-14-12/h1-2,5,8,11H,3-4,6-7,9-10,13H2. The molecule has 0 amide bonds. The summed E-state index contributed by atoms with van der Waals surface area (Å²) in [6, 6.07) is 6.10.